The highest BCUT2D eigenvalue weighted by molar-refractivity contribution is 6.50. The second kappa shape index (κ2) is 8.18. The lowest BCUT2D eigenvalue weighted by Crippen LogP contribution is -2.26. The number of Topliss-reactive ketones (excluding diaryl/α,β-unsaturated/α-hetero) is 2. The largest absolute Gasteiger partial charge is 0.285 e. The summed E-state index contributed by atoms with van der Waals surface area (Å²) in [4.78, 5) is 24.8. The molecule has 1 rings (SSSR count). The van der Waals surface area contributed by atoms with Crippen LogP contribution in [0.1, 0.15) is 79.1 Å². The normalized spacial score (nSPS) is 16.4. The number of carbonyl (C=O) groups is 2. The van der Waals surface area contributed by atoms with E-state index in [0.717, 1.165) is 62.5 Å². The smallest absolute Gasteiger partial charge is 0.229 e. The molecular weight excluding hydrogens is 248 g/mol. The van der Waals surface area contributed by atoms with Crippen LogP contribution in [0.5, 0.6) is 0 Å². The highest BCUT2D eigenvalue weighted by Gasteiger charge is 2.32. The molecule has 112 valence electrons. The molecule has 0 aromatic carbocycles. The Balaban J connectivity index is 3.40. The van der Waals surface area contributed by atoms with Gasteiger partial charge in [0.1, 0.15) is 0 Å². The summed E-state index contributed by atoms with van der Waals surface area (Å²) >= 11 is 0. The summed E-state index contributed by atoms with van der Waals surface area (Å²) in [5.41, 5.74) is 4.01. The number of rotatable bonds is 8. The van der Waals surface area contributed by atoms with Crippen LogP contribution in [0.15, 0.2) is 22.3 Å². The topological polar surface area (TPSA) is 34.1 Å². The standard InChI is InChI=1S/C18H28O2/c1-5-9-13-14(10-6-2)16(12-8-4)18(20)17(19)15(13)11-7-3/h5-12H2,1-4H3. The van der Waals surface area contributed by atoms with Crippen LogP contribution in [0.3, 0.4) is 0 Å². The minimum atomic E-state index is -0.224. The van der Waals surface area contributed by atoms with Gasteiger partial charge in [-0.15, -0.1) is 0 Å². The van der Waals surface area contributed by atoms with Gasteiger partial charge in [-0.1, -0.05) is 53.4 Å². The van der Waals surface area contributed by atoms with Crippen LogP contribution in [0, 0.1) is 0 Å². The van der Waals surface area contributed by atoms with Gasteiger partial charge in [-0.3, -0.25) is 9.59 Å². The molecule has 0 N–H and O–H groups in total. The van der Waals surface area contributed by atoms with Crippen LogP contribution in [-0.4, -0.2) is 11.6 Å². The van der Waals surface area contributed by atoms with Gasteiger partial charge in [0.15, 0.2) is 0 Å². The van der Waals surface area contributed by atoms with Gasteiger partial charge in [-0.05, 0) is 36.8 Å². The molecule has 20 heavy (non-hydrogen) atoms. The van der Waals surface area contributed by atoms with E-state index in [9.17, 15) is 9.59 Å². The predicted octanol–water partition coefficient (Wildman–Crippen LogP) is 4.93. The van der Waals surface area contributed by atoms with Crippen LogP contribution in [0.25, 0.3) is 0 Å². The number of hydrogen-bond acceptors (Lipinski definition) is 2. The maximum Gasteiger partial charge on any atom is 0.229 e. The Kier molecular flexibility index (Phi) is 6.90. The van der Waals surface area contributed by atoms with Crippen molar-refractivity contribution in [2.75, 3.05) is 0 Å². The van der Waals surface area contributed by atoms with E-state index < -0.39 is 0 Å². The molecule has 2 nitrogen and oxygen atoms in total. The van der Waals surface area contributed by atoms with Gasteiger partial charge in [0.25, 0.3) is 0 Å². The molecule has 1 aliphatic rings. The summed E-state index contributed by atoms with van der Waals surface area (Å²) in [5.74, 6) is -0.447. The number of allylic oxidation sites excluding steroid dienone is 4. The molecule has 0 atom stereocenters. The minimum Gasteiger partial charge on any atom is -0.285 e. The van der Waals surface area contributed by atoms with E-state index in [1.165, 1.54) is 11.1 Å². The number of ketones is 2. The third-order valence-electron chi connectivity index (χ3n) is 3.85. The van der Waals surface area contributed by atoms with Crippen molar-refractivity contribution >= 4 is 11.6 Å². The Hall–Kier alpha value is -1.18. The van der Waals surface area contributed by atoms with E-state index in [1.54, 1.807) is 0 Å². The molecule has 2 heteroatoms. The van der Waals surface area contributed by atoms with Crippen molar-refractivity contribution < 1.29 is 9.59 Å². The molecule has 0 aromatic heterocycles. The molecule has 1 aliphatic carbocycles. The Labute approximate surface area is 123 Å². The zero-order valence-electron chi connectivity index (χ0n) is 13.5. The molecule has 0 aromatic rings. The monoisotopic (exact) mass is 276 g/mol. The molecule has 0 unspecified atom stereocenters. The van der Waals surface area contributed by atoms with Crippen molar-refractivity contribution in [1.82, 2.24) is 0 Å². The summed E-state index contributed by atoms with van der Waals surface area (Å²) in [5, 5.41) is 0. The first-order chi connectivity index (χ1) is 9.62. The highest BCUT2D eigenvalue weighted by Crippen LogP contribution is 2.36. The third kappa shape index (κ3) is 3.47. The quantitative estimate of drug-likeness (QED) is 0.465. The van der Waals surface area contributed by atoms with Gasteiger partial charge in [0, 0.05) is 11.1 Å². The van der Waals surface area contributed by atoms with E-state index in [1.807, 2.05) is 0 Å². The van der Waals surface area contributed by atoms with E-state index in [4.69, 9.17) is 0 Å². The summed E-state index contributed by atoms with van der Waals surface area (Å²) < 4.78 is 0. The summed E-state index contributed by atoms with van der Waals surface area (Å²) in [6.07, 6.45) is 7.23. The fraction of sp³-hybridized carbons (Fsp3) is 0.667. The molecular formula is C18H28O2. The Morgan fingerprint density at radius 1 is 0.500 bits per heavy atom. The molecule has 0 saturated heterocycles. The first-order valence-electron chi connectivity index (χ1n) is 8.15. The van der Waals surface area contributed by atoms with E-state index in [0.29, 0.717) is 0 Å². The van der Waals surface area contributed by atoms with E-state index in [2.05, 4.69) is 27.7 Å². The zero-order valence-corrected chi connectivity index (χ0v) is 13.5. The second-order valence-electron chi connectivity index (χ2n) is 5.57. The summed E-state index contributed by atoms with van der Waals surface area (Å²) in [6.45, 7) is 8.42. The van der Waals surface area contributed by atoms with Crippen molar-refractivity contribution in [3.63, 3.8) is 0 Å². The molecule has 0 bridgehead atoms. The molecule has 0 radical (unpaired) electrons. The Bertz CT molecular complexity index is 396. The fourth-order valence-electron chi connectivity index (χ4n) is 3.04. The van der Waals surface area contributed by atoms with Crippen molar-refractivity contribution in [2.45, 2.75) is 79.1 Å². The van der Waals surface area contributed by atoms with Crippen LogP contribution in [0.4, 0.5) is 0 Å². The lowest BCUT2D eigenvalue weighted by Gasteiger charge is -2.25. The highest BCUT2D eigenvalue weighted by atomic mass is 16.2. The van der Waals surface area contributed by atoms with Crippen molar-refractivity contribution in [2.24, 2.45) is 0 Å². The molecule has 0 fully saturated rings. The lowest BCUT2D eigenvalue weighted by atomic mass is 9.77. The Morgan fingerprint density at radius 3 is 1.00 bits per heavy atom. The molecule has 0 spiro atoms. The molecule has 0 aliphatic heterocycles. The third-order valence-corrected chi connectivity index (χ3v) is 3.85. The van der Waals surface area contributed by atoms with Gasteiger partial charge in [-0.2, -0.15) is 0 Å². The van der Waals surface area contributed by atoms with E-state index in [-0.39, 0.29) is 11.6 Å². The maximum atomic E-state index is 12.4. The summed E-state index contributed by atoms with van der Waals surface area (Å²) in [7, 11) is 0. The van der Waals surface area contributed by atoms with E-state index >= 15 is 0 Å². The number of hydrogen-bond donors (Lipinski definition) is 0. The minimum absolute atomic E-state index is 0.224. The van der Waals surface area contributed by atoms with Gasteiger partial charge < -0.3 is 0 Å². The Morgan fingerprint density at radius 2 is 0.750 bits per heavy atom. The van der Waals surface area contributed by atoms with Crippen LogP contribution in [0.2, 0.25) is 0 Å². The van der Waals surface area contributed by atoms with Crippen molar-refractivity contribution in [3.05, 3.63) is 22.3 Å². The zero-order chi connectivity index (χ0) is 15.1. The molecule has 0 amide bonds. The fourth-order valence-corrected chi connectivity index (χ4v) is 3.04. The van der Waals surface area contributed by atoms with Crippen LogP contribution < -0.4 is 0 Å². The van der Waals surface area contributed by atoms with Gasteiger partial charge >= 0.3 is 0 Å². The lowest BCUT2D eigenvalue weighted by molar-refractivity contribution is -0.132. The molecule has 0 heterocycles. The van der Waals surface area contributed by atoms with Crippen molar-refractivity contribution in [3.8, 4) is 0 Å². The number of carbonyl (C=O) groups excluding carboxylic acids is 2. The predicted molar refractivity (Wildman–Crippen MR) is 83.7 cm³/mol. The van der Waals surface area contributed by atoms with Gasteiger partial charge in [-0.25, -0.2) is 0 Å². The summed E-state index contributed by atoms with van der Waals surface area (Å²) in [6, 6.07) is 0. The van der Waals surface area contributed by atoms with Gasteiger partial charge in [0.05, 0.1) is 0 Å². The van der Waals surface area contributed by atoms with Crippen LogP contribution in [-0.2, 0) is 9.59 Å². The van der Waals surface area contributed by atoms with Gasteiger partial charge in [0.2, 0.25) is 11.6 Å². The van der Waals surface area contributed by atoms with Crippen molar-refractivity contribution in [1.29, 1.82) is 0 Å². The SMILES string of the molecule is CCCC1=C(CCC)C(CCC)=C(CCC)C(=O)C1=O. The first-order valence-corrected chi connectivity index (χ1v) is 8.15. The average Bonchev–Trinajstić information content (AvgIpc) is 2.44. The molecule has 0 saturated carbocycles. The second-order valence-corrected chi connectivity index (χ2v) is 5.57. The van der Waals surface area contributed by atoms with Crippen LogP contribution >= 0.6 is 0 Å². The first kappa shape index (κ1) is 16.9. The average molecular weight is 276 g/mol. The maximum absolute atomic E-state index is 12.4.